The lowest BCUT2D eigenvalue weighted by Gasteiger charge is -2.26. The molecule has 1 atom stereocenters. The standard InChI is InChI=1S/C20H23ClN2O5S/c1-2-19(28-17-5-3-4-15(21)14-17)20(24)22-16-6-8-18(9-7-16)29(25,26)23-10-12-27-13-11-23/h3-9,14,19H,2,10-13H2,1H3,(H,22,24)/t19-/m0/s1. The molecule has 1 aliphatic rings. The smallest absolute Gasteiger partial charge is 0.265 e. The van der Waals surface area contributed by atoms with E-state index in [2.05, 4.69) is 5.32 Å². The Kier molecular flexibility index (Phi) is 7.13. The van der Waals surface area contributed by atoms with Gasteiger partial charge in [0.2, 0.25) is 10.0 Å². The van der Waals surface area contributed by atoms with Crippen LogP contribution in [0.15, 0.2) is 53.4 Å². The monoisotopic (exact) mass is 438 g/mol. The quantitative estimate of drug-likeness (QED) is 0.717. The van der Waals surface area contributed by atoms with Gasteiger partial charge in [-0.2, -0.15) is 4.31 Å². The lowest BCUT2D eigenvalue weighted by molar-refractivity contribution is -0.122. The summed E-state index contributed by atoms with van der Waals surface area (Å²) in [6.07, 6.45) is -0.243. The first kappa shape index (κ1) is 21.6. The number of morpholine rings is 1. The molecule has 2 aromatic carbocycles. The number of hydrogen-bond acceptors (Lipinski definition) is 5. The van der Waals surface area contributed by atoms with Crippen molar-refractivity contribution in [1.29, 1.82) is 0 Å². The van der Waals surface area contributed by atoms with E-state index in [0.29, 0.717) is 49.2 Å². The van der Waals surface area contributed by atoms with Crippen molar-refractivity contribution < 1.29 is 22.7 Å². The number of halogens is 1. The van der Waals surface area contributed by atoms with Crippen LogP contribution in [0, 0.1) is 0 Å². The van der Waals surface area contributed by atoms with Gasteiger partial charge in [-0.15, -0.1) is 0 Å². The highest BCUT2D eigenvalue weighted by Crippen LogP contribution is 2.21. The fourth-order valence-corrected chi connectivity index (χ4v) is 4.48. The summed E-state index contributed by atoms with van der Waals surface area (Å²) in [7, 11) is -3.57. The number of ether oxygens (including phenoxy) is 2. The minimum Gasteiger partial charge on any atom is -0.481 e. The molecule has 0 aromatic heterocycles. The minimum atomic E-state index is -3.57. The van der Waals surface area contributed by atoms with Crippen LogP contribution >= 0.6 is 11.6 Å². The summed E-state index contributed by atoms with van der Waals surface area (Å²) >= 11 is 5.95. The normalized spacial score (nSPS) is 16.2. The topological polar surface area (TPSA) is 84.9 Å². The van der Waals surface area contributed by atoms with E-state index in [4.69, 9.17) is 21.1 Å². The van der Waals surface area contributed by atoms with E-state index in [1.54, 1.807) is 36.4 Å². The summed E-state index contributed by atoms with van der Waals surface area (Å²) in [6, 6.07) is 12.9. The molecule has 1 fully saturated rings. The van der Waals surface area contributed by atoms with Crippen molar-refractivity contribution in [2.45, 2.75) is 24.3 Å². The molecule has 29 heavy (non-hydrogen) atoms. The van der Waals surface area contributed by atoms with E-state index in [0.717, 1.165) is 0 Å². The highest BCUT2D eigenvalue weighted by Gasteiger charge is 2.26. The number of benzene rings is 2. The van der Waals surface area contributed by atoms with Crippen molar-refractivity contribution >= 4 is 33.2 Å². The fourth-order valence-electron chi connectivity index (χ4n) is 2.90. The molecule has 156 valence electrons. The number of amides is 1. The Balaban J connectivity index is 1.65. The van der Waals surface area contributed by atoms with Gasteiger partial charge in [0.15, 0.2) is 6.10 Å². The summed E-state index contributed by atoms with van der Waals surface area (Å²) in [4.78, 5) is 12.7. The number of nitrogens with zero attached hydrogens (tertiary/aromatic N) is 1. The average molecular weight is 439 g/mol. The summed E-state index contributed by atoms with van der Waals surface area (Å²) < 4.78 is 37.6. The molecule has 1 saturated heterocycles. The third kappa shape index (κ3) is 5.48. The number of sulfonamides is 1. The SMILES string of the molecule is CC[C@H](Oc1cccc(Cl)c1)C(=O)Nc1ccc(S(=O)(=O)N2CCOCC2)cc1. The predicted molar refractivity (Wildman–Crippen MR) is 111 cm³/mol. The number of rotatable bonds is 7. The Morgan fingerprint density at radius 2 is 1.90 bits per heavy atom. The van der Waals surface area contributed by atoms with Crippen molar-refractivity contribution in [2.24, 2.45) is 0 Å². The van der Waals surface area contributed by atoms with Crippen LogP contribution in [0.2, 0.25) is 5.02 Å². The van der Waals surface area contributed by atoms with Gasteiger partial charge in [0.05, 0.1) is 18.1 Å². The van der Waals surface area contributed by atoms with Gasteiger partial charge in [-0.25, -0.2) is 8.42 Å². The Hall–Kier alpha value is -2.13. The minimum absolute atomic E-state index is 0.180. The van der Waals surface area contributed by atoms with Crippen LogP contribution in [0.4, 0.5) is 5.69 Å². The van der Waals surface area contributed by atoms with Crippen molar-refractivity contribution in [3.63, 3.8) is 0 Å². The summed E-state index contributed by atoms with van der Waals surface area (Å²) in [5.74, 6) is 0.183. The van der Waals surface area contributed by atoms with Crippen LogP contribution in [0.25, 0.3) is 0 Å². The van der Waals surface area contributed by atoms with Gasteiger partial charge in [-0.05, 0) is 48.9 Å². The van der Waals surface area contributed by atoms with Gasteiger partial charge in [0.25, 0.3) is 5.91 Å². The van der Waals surface area contributed by atoms with Gasteiger partial charge in [-0.3, -0.25) is 4.79 Å². The van der Waals surface area contributed by atoms with Crippen LogP contribution < -0.4 is 10.1 Å². The van der Waals surface area contributed by atoms with E-state index in [-0.39, 0.29) is 10.8 Å². The molecule has 0 bridgehead atoms. The third-order valence-electron chi connectivity index (χ3n) is 4.47. The van der Waals surface area contributed by atoms with Gasteiger partial charge in [-0.1, -0.05) is 24.6 Å². The Morgan fingerprint density at radius 3 is 2.52 bits per heavy atom. The molecule has 2 aromatic rings. The molecule has 1 amide bonds. The third-order valence-corrected chi connectivity index (χ3v) is 6.62. The number of hydrogen-bond donors (Lipinski definition) is 1. The van der Waals surface area contributed by atoms with Crippen molar-refractivity contribution in [3.8, 4) is 5.75 Å². The molecule has 9 heteroatoms. The second kappa shape index (κ2) is 9.58. The highest BCUT2D eigenvalue weighted by atomic mass is 35.5. The summed E-state index contributed by atoms with van der Waals surface area (Å²) in [5, 5.41) is 3.28. The maximum Gasteiger partial charge on any atom is 0.265 e. The maximum absolute atomic E-state index is 12.7. The molecule has 3 rings (SSSR count). The molecule has 1 aliphatic heterocycles. The first-order valence-electron chi connectivity index (χ1n) is 9.31. The fraction of sp³-hybridized carbons (Fsp3) is 0.350. The first-order chi connectivity index (χ1) is 13.9. The van der Waals surface area contributed by atoms with Gasteiger partial charge in [0, 0.05) is 23.8 Å². The zero-order valence-electron chi connectivity index (χ0n) is 16.0. The Labute approximate surface area is 175 Å². The van der Waals surface area contributed by atoms with Gasteiger partial charge in [0.1, 0.15) is 5.75 Å². The highest BCUT2D eigenvalue weighted by molar-refractivity contribution is 7.89. The van der Waals surface area contributed by atoms with Gasteiger partial charge >= 0.3 is 0 Å². The molecule has 0 unspecified atom stereocenters. The van der Waals surface area contributed by atoms with E-state index in [9.17, 15) is 13.2 Å². The van der Waals surface area contributed by atoms with Crippen LogP contribution in [0.1, 0.15) is 13.3 Å². The maximum atomic E-state index is 12.7. The summed E-state index contributed by atoms with van der Waals surface area (Å²) in [6.45, 7) is 3.28. The van der Waals surface area contributed by atoms with Crippen LogP contribution in [-0.4, -0.2) is 51.0 Å². The second-order valence-electron chi connectivity index (χ2n) is 6.50. The molecule has 7 nitrogen and oxygen atoms in total. The van der Waals surface area contributed by atoms with E-state index in [1.165, 1.54) is 16.4 Å². The van der Waals surface area contributed by atoms with Crippen molar-refractivity contribution in [3.05, 3.63) is 53.6 Å². The Morgan fingerprint density at radius 1 is 1.21 bits per heavy atom. The molecule has 0 radical (unpaired) electrons. The predicted octanol–water partition coefficient (Wildman–Crippen LogP) is 3.16. The summed E-state index contributed by atoms with van der Waals surface area (Å²) in [5.41, 5.74) is 0.490. The molecule has 0 spiro atoms. The second-order valence-corrected chi connectivity index (χ2v) is 8.88. The first-order valence-corrected chi connectivity index (χ1v) is 11.1. The number of carbonyl (C=O) groups is 1. The Bertz CT molecular complexity index is 944. The number of anilines is 1. The molecule has 0 saturated carbocycles. The van der Waals surface area contributed by atoms with E-state index < -0.39 is 16.1 Å². The lowest BCUT2D eigenvalue weighted by atomic mass is 10.2. The zero-order chi connectivity index (χ0) is 20.9. The molecular formula is C20H23ClN2O5S. The van der Waals surface area contributed by atoms with Crippen LogP contribution in [0.3, 0.4) is 0 Å². The van der Waals surface area contributed by atoms with Crippen molar-refractivity contribution in [2.75, 3.05) is 31.6 Å². The van der Waals surface area contributed by atoms with Crippen molar-refractivity contribution in [1.82, 2.24) is 4.31 Å². The average Bonchev–Trinajstić information content (AvgIpc) is 2.73. The molecule has 1 N–H and O–H groups in total. The van der Waals surface area contributed by atoms with Crippen LogP contribution in [0.5, 0.6) is 5.75 Å². The number of carbonyl (C=O) groups excluding carboxylic acids is 1. The largest absolute Gasteiger partial charge is 0.481 e. The van der Waals surface area contributed by atoms with Gasteiger partial charge < -0.3 is 14.8 Å². The lowest BCUT2D eigenvalue weighted by Crippen LogP contribution is -2.40. The zero-order valence-corrected chi connectivity index (χ0v) is 17.6. The molecular weight excluding hydrogens is 416 g/mol. The molecule has 1 heterocycles. The number of nitrogens with one attached hydrogen (secondary N) is 1. The van der Waals surface area contributed by atoms with E-state index >= 15 is 0 Å². The molecule has 0 aliphatic carbocycles. The van der Waals surface area contributed by atoms with Crippen LogP contribution in [-0.2, 0) is 19.6 Å². The van der Waals surface area contributed by atoms with E-state index in [1.807, 2.05) is 6.92 Å².